The molecule has 0 saturated heterocycles. The fourth-order valence-electron chi connectivity index (χ4n) is 3.71. The van der Waals surface area contributed by atoms with Gasteiger partial charge in [-0.3, -0.25) is 4.79 Å². The van der Waals surface area contributed by atoms with Gasteiger partial charge in [-0.25, -0.2) is 4.79 Å². The lowest BCUT2D eigenvalue weighted by Gasteiger charge is -2.23. The van der Waals surface area contributed by atoms with E-state index in [4.69, 9.17) is 63.2 Å². The van der Waals surface area contributed by atoms with Crippen LogP contribution in [0.25, 0.3) is 20.9 Å². The molecule has 0 saturated carbocycles. The zero-order valence-corrected chi connectivity index (χ0v) is 31.8. The number of rotatable bonds is 39. The number of hydrogen-bond acceptors (Lipinski definition) is 15. The third-order valence-electron chi connectivity index (χ3n) is 6.14. The van der Waals surface area contributed by atoms with E-state index in [1.165, 1.54) is 0 Å². The SMILES string of the molecule is CC(C)(C)OC(=O)NCCOCCOCCOCCOCCC(=O)N(CCOCCOCCOCCN=[N+]=[N-])CCOCCOCCOCCN=[N+]=[N-]. The molecule has 0 heterocycles. The van der Waals surface area contributed by atoms with E-state index in [1.807, 2.05) is 0 Å². The monoisotopic (exact) mass is 766 g/mol. The zero-order chi connectivity index (χ0) is 38.9. The van der Waals surface area contributed by atoms with Gasteiger partial charge in [0.25, 0.3) is 0 Å². The Morgan fingerprint density at radius 2 is 0.868 bits per heavy atom. The van der Waals surface area contributed by atoms with Crippen LogP contribution in [0.5, 0.6) is 0 Å². The number of nitrogens with one attached hydrogen (secondary N) is 1. The number of azide groups is 2. The number of hydrogen-bond donors (Lipinski definition) is 1. The van der Waals surface area contributed by atoms with Crippen LogP contribution in [0.3, 0.4) is 0 Å². The van der Waals surface area contributed by atoms with Crippen molar-refractivity contribution < 1.29 is 61.7 Å². The molecule has 53 heavy (non-hydrogen) atoms. The molecule has 0 spiro atoms. The highest BCUT2D eigenvalue weighted by atomic mass is 16.6. The molecule has 0 aliphatic rings. The lowest BCUT2D eigenvalue weighted by Crippen LogP contribution is -2.37. The minimum atomic E-state index is -0.540. The third-order valence-corrected chi connectivity index (χ3v) is 6.14. The van der Waals surface area contributed by atoms with Gasteiger partial charge in [-0.05, 0) is 31.8 Å². The van der Waals surface area contributed by atoms with Crippen molar-refractivity contribution in [1.82, 2.24) is 10.2 Å². The summed E-state index contributed by atoms with van der Waals surface area (Å²) in [5.41, 5.74) is 15.9. The van der Waals surface area contributed by atoms with E-state index in [2.05, 4.69) is 25.4 Å². The fraction of sp³-hybridized carbons (Fsp3) is 0.938. The molecule has 0 rings (SSSR count). The Balaban J connectivity index is 4.07. The first-order chi connectivity index (χ1) is 25.8. The molecule has 0 fully saturated rings. The van der Waals surface area contributed by atoms with Crippen molar-refractivity contribution in [2.45, 2.75) is 32.8 Å². The summed E-state index contributed by atoms with van der Waals surface area (Å²) >= 11 is 0. The highest BCUT2D eigenvalue weighted by Crippen LogP contribution is 2.06. The molecule has 0 bridgehead atoms. The van der Waals surface area contributed by atoms with Crippen molar-refractivity contribution in [3.8, 4) is 0 Å². The highest BCUT2D eigenvalue weighted by molar-refractivity contribution is 5.76. The first-order valence-electron chi connectivity index (χ1n) is 17.8. The first kappa shape index (κ1) is 50.0. The minimum absolute atomic E-state index is 0.0855. The number of ether oxygens (including phenoxy) is 11. The van der Waals surface area contributed by atoms with Gasteiger partial charge in [0.15, 0.2) is 0 Å². The normalized spacial score (nSPS) is 11.2. The van der Waals surface area contributed by atoms with Crippen molar-refractivity contribution in [2.24, 2.45) is 10.2 Å². The molecule has 0 unspecified atom stereocenters. The third kappa shape index (κ3) is 40.0. The molecular formula is C32H62N8O13. The van der Waals surface area contributed by atoms with Gasteiger partial charge in [0, 0.05) is 42.5 Å². The first-order valence-corrected chi connectivity index (χ1v) is 17.8. The minimum Gasteiger partial charge on any atom is -0.444 e. The molecule has 308 valence electrons. The average Bonchev–Trinajstić information content (AvgIpc) is 3.12. The van der Waals surface area contributed by atoms with E-state index < -0.39 is 11.7 Å². The van der Waals surface area contributed by atoms with Gasteiger partial charge in [0.05, 0.1) is 139 Å². The van der Waals surface area contributed by atoms with Gasteiger partial charge in [-0.1, -0.05) is 10.2 Å². The summed E-state index contributed by atoms with van der Waals surface area (Å²) < 4.78 is 59.8. The summed E-state index contributed by atoms with van der Waals surface area (Å²) in [5, 5.41) is 9.39. The van der Waals surface area contributed by atoms with Gasteiger partial charge in [0.2, 0.25) is 5.91 Å². The van der Waals surface area contributed by atoms with E-state index in [1.54, 1.807) is 25.7 Å². The largest absolute Gasteiger partial charge is 0.444 e. The summed E-state index contributed by atoms with van der Waals surface area (Å²) in [5.74, 6) is -0.0855. The van der Waals surface area contributed by atoms with Crippen LogP contribution in [0.4, 0.5) is 4.79 Å². The molecule has 0 aliphatic heterocycles. The maximum atomic E-state index is 12.9. The van der Waals surface area contributed by atoms with Crippen LogP contribution in [0.2, 0.25) is 0 Å². The lowest BCUT2D eigenvalue weighted by atomic mass is 10.2. The Morgan fingerprint density at radius 3 is 1.25 bits per heavy atom. The van der Waals surface area contributed by atoms with Crippen molar-refractivity contribution in [3.63, 3.8) is 0 Å². The summed E-state index contributed by atoms with van der Waals surface area (Å²) in [6.07, 6.45) is -0.282. The van der Waals surface area contributed by atoms with Crippen LogP contribution < -0.4 is 5.32 Å². The van der Waals surface area contributed by atoms with Gasteiger partial charge < -0.3 is 62.3 Å². The molecule has 21 nitrogen and oxygen atoms in total. The summed E-state index contributed by atoms with van der Waals surface area (Å²) in [6.45, 7) is 14.3. The Bertz CT molecular complexity index is 928. The molecule has 0 atom stereocenters. The molecule has 21 heteroatoms. The number of nitrogens with zero attached hydrogens (tertiary/aromatic N) is 7. The Hall–Kier alpha value is -3.04. The van der Waals surface area contributed by atoms with Crippen LogP contribution in [-0.2, 0) is 56.9 Å². The zero-order valence-electron chi connectivity index (χ0n) is 31.8. The average molecular weight is 767 g/mol. The Morgan fingerprint density at radius 1 is 0.528 bits per heavy atom. The van der Waals surface area contributed by atoms with Crippen LogP contribution in [0.1, 0.15) is 27.2 Å². The summed E-state index contributed by atoms with van der Waals surface area (Å²) in [4.78, 5) is 31.5. The number of carbonyl (C=O) groups is 2. The molecule has 1 N–H and O–H groups in total. The predicted molar refractivity (Wildman–Crippen MR) is 192 cm³/mol. The number of amides is 2. The maximum absolute atomic E-state index is 12.9. The summed E-state index contributed by atoms with van der Waals surface area (Å²) in [6, 6.07) is 0. The number of carbonyl (C=O) groups excluding carboxylic acids is 2. The van der Waals surface area contributed by atoms with Gasteiger partial charge >= 0.3 is 6.09 Å². The fourth-order valence-corrected chi connectivity index (χ4v) is 3.71. The van der Waals surface area contributed by atoms with Crippen molar-refractivity contribution in [3.05, 3.63) is 20.9 Å². The molecule has 0 aromatic rings. The predicted octanol–water partition coefficient (Wildman–Crippen LogP) is 2.52. The van der Waals surface area contributed by atoms with Crippen LogP contribution in [0.15, 0.2) is 10.2 Å². The van der Waals surface area contributed by atoms with Crippen LogP contribution >= 0.6 is 0 Å². The lowest BCUT2D eigenvalue weighted by molar-refractivity contribution is -0.134. The molecule has 0 aromatic heterocycles. The molecule has 2 amide bonds. The highest BCUT2D eigenvalue weighted by Gasteiger charge is 2.15. The smallest absolute Gasteiger partial charge is 0.407 e. The van der Waals surface area contributed by atoms with Gasteiger partial charge in [-0.2, -0.15) is 0 Å². The van der Waals surface area contributed by atoms with Crippen LogP contribution in [0, 0.1) is 0 Å². The maximum Gasteiger partial charge on any atom is 0.407 e. The van der Waals surface area contributed by atoms with E-state index in [-0.39, 0.29) is 32.0 Å². The molecule has 0 aliphatic carbocycles. The second-order valence-electron chi connectivity index (χ2n) is 11.6. The Labute approximate surface area is 312 Å². The molecular weight excluding hydrogens is 704 g/mol. The molecule has 0 radical (unpaired) electrons. The summed E-state index contributed by atoms with van der Waals surface area (Å²) in [7, 11) is 0. The van der Waals surface area contributed by atoms with Crippen molar-refractivity contribution >= 4 is 12.0 Å². The second-order valence-corrected chi connectivity index (χ2v) is 11.6. The van der Waals surface area contributed by atoms with Gasteiger partial charge in [0.1, 0.15) is 5.60 Å². The quantitative estimate of drug-likeness (QED) is 0.0409. The topological polar surface area (TPSA) is 248 Å². The number of alkyl carbamates (subject to hydrolysis) is 1. The molecule has 0 aromatic carbocycles. The Kier molecular flexibility index (Phi) is 36.5. The van der Waals surface area contributed by atoms with E-state index in [9.17, 15) is 9.59 Å². The van der Waals surface area contributed by atoms with Crippen LogP contribution in [-0.4, -0.2) is 187 Å². The van der Waals surface area contributed by atoms with E-state index in [0.29, 0.717) is 145 Å². The standard InChI is InChI=1S/C32H62N8O13/c1-32(2,3)53-31(42)35-5-11-44-17-23-52-29-28-49-22-16-43-10-4-30(41)40(8-14-47-20-26-50-24-18-45-12-6-36-38-33)9-15-48-21-27-51-25-19-46-13-7-37-39-34/h4-29H2,1-3H3,(H,35,42). The van der Waals surface area contributed by atoms with E-state index in [0.717, 1.165) is 0 Å². The van der Waals surface area contributed by atoms with E-state index >= 15 is 0 Å². The second kappa shape index (κ2) is 38.7. The van der Waals surface area contributed by atoms with Crippen molar-refractivity contribution in [2.75, 3.05) is 165 Å². The van der Waals surface area contributed by atoms with Crippen molar-refractivity contribution in [1.29, 1.82) is 0 Å². The van der Waals surface area contributed by atoms with Gasteiger partial charge in [-0.15, -0.1) is 0 Å².